The van der Waals surface area contributed by atoms with Crippen LogP contribution in [0.3, 0.4) is 0 Å². The number of hydrogen-bond donors (Lipinski definition) is 0. The quantitative estimate of drug-likeness (QED) is 0.510. The van der Waals surface area contributed by atoms with Gasteiger partial charge >= 0.3 is 0 Å². The lowest BCUT2D eigenvalue weighted by Gasteiger charge is -2.08. The smallest absolute Gasteiger partial charge is 0.195 e. The van der Waals surface area contributed by atoms with Crippen LogP contribution in [0.1, 0.15) is 11.1 Å². The van der Waals surface area contributed by atoms with Gasteiger partial charge in [-0.05, 0) is 36.2 Å². The van der Waals surface area contributed by atoms with Gasteiger partial charge in [0.1, 0.15) is 11.5 Å². The van der Waals surface area contributed by atoms with Crippen molar-refractivity contribution >= 4 is 35.0 Å². The molecule has 7 heteroatoms. The maximum absolute atomic E-state index is 6.19. The topological polar surface area (TPSA) is 43.6 Å². The van der Waals surface area contributed by atoms with Crippen LogP contribution in [-0.2, 0) is 5.75 Å². The van der Waals surface area contributed by atoms with Crippen molar-refractivity contribution in [1.82, 2.24) is 19.7 Å². The molecule has 0 saturated carbocycles. The predicted octanol–water partition coefficient (Wildman–Crippen LogP) is 4.57. The highest BCUT2D eigenvalue weighted by molar-refractivity contribution is 7.98. The molecule has 112 valence electrons. The summed E-state index contributed by atoms with van der Waals surface area (Å²) in [5, 5.41) is 10.2. The van der Waals surface area contributed by atoms with E-state index >= 15 is 0 Å². The minimum absolute atomic E-state index is 0.492. The number of hydrogen-bond acceptors (Lipinski definition) is 4. The Labute approximate surface area is 142 Å². The van der Waals surface area contributed by atoms with Gasteiger partial charge in [-0.3, -0.25) is 4.57 Å². The second-order valence-electron chi connectivity index (χ2n) is 4.69. The molecule has 0 amide bonds. The molecule has 1 aromatic carbocycles. The molecular formula is C15H12Cl2N4S. The molecule has 0 saturated heterocycles. The lowest BCUT2D eigenvalue weighted by atomic mass is 10.2. The van der Waals surface area contributed by atoms with E-state index in [4.69, 9.17) is 23.2 Å². The number of rotatable bonds is 4. The van der Waals surface area contributed by atoms with Crippen LogP contribution in [0.5, 0.6) is 0 Å². The standard InChI is InChI=1S/C15H12Cl2N4S/c1-10-2-4-12(6-13(10)16)21-9-19-20-15(21)22-8-11-3-5-14(17)18-7-11/h2-7,9H,8H2,1H3. The van der Waals surface area contributed by atoms with Gasteiger partial charge in [-0.15, -0.1) is 10.2 Å². The number of halogens is 2. The van der Waals surface area contributed by atoms with Crippen LogP contribution in [0.15, 0.2) is 48.0 Å². The Morgan fingerprint density at radius 3 is 2.77 bits per heavy atom. The summed E-state index contributed by atoms with van der Waals surface area (Å²) in [4.78, 5) is 4.07. The van der Waals surface area contributed by atoms with E-state index in [0.29, 0.717) is 5.15 Å². The highest BCUT2D eigenvalue weighted by Gasteiger charge is 2.09. The zero-order valence-corrected chi connectivity index (χ0v) is 14.0. The molecule has 2 heterocycles. The molecule has 3 aromatic rings. The van der Waals surface area contributed by atoms with E-state index in [1.165, 1.54) is 0 Å². The van der Waals surface area contributed by atoms with Crippen molar-refractivity contribution in [2.45, 2.75) is 17.8 Å². The van der Waals surface area contributed by atoms with Gasteiger partial charge in [-0.1, -0.05) is 47.1 Å². The van der Waals surface area contributed by atoms with Crippen LogP contribution < -0.4 is 0 Å². The van der Waals surface area contributed by atoms with Crippen LogP contribution in [0.25, 0.3) is 5.69 Å². The monoisotopic (exact) mass is 350 g/mol. The number of benzene rings is 1. The molecule has 0 aliphatic heterocycles. The van der Waals surface area contributed by atoms with E-state index in [-0.39, 0.29) is 0 Å². The number of thioether (sulfide) groups is 1. The van der Waals surface area contributed by atoms with Crippen molar-refractivity contribution in [3.8, 4) is 5.69 Å². The van der Waals surface area contributed by atoms with Crippen LogP contribution in [-0.4, -0.2) is 19.7 Å². The van der Waals surface area contributed by atoms with Gasteiger partial charge < -0.3 is 0 Å². The fraction of sp³-hybridized carbons (Fsp3) is 0.133. The van der Waals surface area contributed by atoms with Crippen LogP contribution in [0.4, 0.5) is 0 Å². The van der Waals surface area contributed by atoms with Crippen molar-refractivity contribution in [2.75, 3.05) is 0 Å². The Kier molecular flexibility index (Phi) is 4.66. The zero-order chi connectivity index (χ0) is 15.5. The van der Waals surface area contributed by atoms with Gasteiger partial charge in [-0.25, -0.2) is 4.98 Å². The molecule has 22 heavy (non-hydrogen) atoms. The average molecular weight is 351 g/mol. The number of pyridine rings is 1. The van der Waals surface area contributed by atoms with Gasteiger partial charge in [0.25, 0.3) is 0 Å². The molecule has 0 aliphatic carbocycles. The van der Waals surface area contributed by atoms with Crippen LogP contribution >= 0.6 is 35.0 Å². The van der Waals surface area contributed by atoms with Gasteiger partial charge in [0.2, 0.25) is 0 Å². The molecule has 0 unspecified atom stereocenters. The summed E-state index contributed by atoms with van der Waals surface area (Å²) in [7, 11) is 0. The molecule has 0 N–H and O–H groups in total. The lowest BCUT2D eigenvalue weighted by Crippen LogP contribution is -1.96. The molecule has 2 aromatic heterocycles. The molecule has 0 aliphatic rings. The van der Waals surface area contributed by atoms with E-state index < -0.39 is 0 Å². The summed E-state index contributed by atoms with van der Waals surface area (Å²) in [5.74, 6) is 0.739. The molecule has 0 spiro atoms. The largest absolute Gasteiger partial charge is 0.277 e. The highest BCUT2D eigenvalue weighted by Crippen LogP contribution is 2.25. The van der Waals surface area contributed by atoms with Crippen LogP contribution in [0, 0.1) is 6.92 Å². The number of aromatic nitrogens is 4. The first kappa shape index (κ1) is 15.3. The van der Waals surface area contributed by atoms with E-state index in [0.717, 1.165) is 32.7 Å². The summed E-state index contributed by atoms with van der Waals surface area (Å²) in [6, 6.07) is 9.62. The van der Waals surface area contributed by atoms with E-state index in [2.05, 4.69) is 15.2 Å². The summed E-state index contributed by atoms with van der Waals surface area (Å²) in [5.41, 5.74) is 3.06. The molecule has 4 nitrogen and oxygen atoms in total. The first-order valence-electron chi connectivity index (χ1n) is 6.53. The Bertz CT molecular complexity index is 786. The number of nitrogens with zero attached hydrogens (tertiary/aromatic N) is 4. The fourth-order valence-corrected chi connectivity index (χ4v) is 3.02. The Hall–Kier alpha value is -1.56. The zero-order valence-electron chi connectivity index (χ0n) is 11.7. The Balaban J connectivity index is 1.79. The average Bonchev–Trinajstić information content (AvgIpc) is 2.98. The molecule has 0 radical (unpaired) electrons. The third kappa shape index (κ3) is 3.43. The summed E-state index contributed by atoms with van der Waals surface area (Å²) in [6.45, 7) is 1.97. The minimum Gasteiger partial charge on any atom is -0.277 e. The lowest BCUT2D eigenvalue weighted by molar-refractivity contribution is 0.883. The molecule has 0 bridgehead atoms. The minimum atomic E-state index is 0.492. The van der Waals surface area contributed by atoms with Gasteiger partial charge in [0.15, 0.2) is 5.16 Å². The summed E-state index contributed by atoms with van der Waals surface area (Å²) >= 11 is 13.6. The van der Waals surface area contributed by atoms with Crippen molar-refractivity contribution in [1.29, 1.82) is 0 Å². The SMILES string of the molecule is Cc1ccc(-n2cnnc2SCc2ccc(Cl)nc2)cc1Cl. The third-order valence-electron chi connectivity index (χ3n) is 3.11. The van der Waals surface area contributed by atoms with E-state index in [1.54, 1.807) is 30.4 Å². The Morgan fingerprint density at radius 2 is 2.05 bits per heavy atom. The van der Waals surface area contributed by atoms with Crippen molar-refractivity contribution < 1.29 is 0 Å². The van der Waals surface area contributed by atoms with Crippen molar-refractivity contribution in [3.05, 3.63) is 64.2 Å². The highest BCUT2D eigenvalue weighted by atomic mass is 35.5. The van der Waals surface area contributed by atoms with Crippen molar-refractivity contribution in [2.24, 2.45) is 0 Å². The fourth-order valence-electron chi connectivity index (χ4n) is 1.87. The third-order valence-corrected chi connectivity index (χ3v) is 4.75. The molecule has 0 atom stereocenters. The molecular weight excluding hydrogens is 339 g/mol. The van der Waals surface area contributed by atoms with Crippen LogP contribution in [0.2, 0.25) is 10.2 Å². The normalized spacial score (nSPS) is 10.9. The maximum atomic E-state index is 6.19. The first-order valence-corrected chi connectivity index (χ1v) is 8.27. The predicted molar refractivity (Wildman–Crippen MR) is 89.9 cm³/mol. The Morgan fingerprint density at radius 1 is 1.18 bits per heavy atom. The van der Waals surface area contributed by atoms with Gasteiger partial charge in [-0.2, -0.15) is 0 Å². The molecule has 3 rings (SSSR count). The summed E-state index contributed by atoms with van der Waals surface area (Å²) < 4.78 is 1.92. The number of aryl methyl sites for hydroxylation is 1. The van der Waals surface area contributed by atoms with E-state index in [9.17, 15) is 0 Å². The first-order chi connectivity index (χ1) is 10.6. The molecule has 0 fully saturated rings. The maximum Gasteiger partial charge on any atom is 0.195 e. The second kappa shape index (κ2) is 6.69. The van der Waals surface area contributed by atoms with Gasteiger partial charge in [0, 0.05) is 17.0 Å². The summed E-state index contributed by atoms with van der Waals surface area (Å²) in [6.07, 6.45) is 3.45. The van der Waals surface area contributed by atoms with E-state index in [1.807, 2.05) is 35.8 Å². The second-order valence-corrected chi connectivity index (χ2v) is 6.43. The van der Waals surface area contributed by atoms with Gasteiger partial charge in [0.05, 0.1) is 5.69 Å². The van der Waals surface area contributed by atoms with Crippen molar-refractivity contribution in [3.63, 3.8) is 0 Å².